The van der Waals surface area contributed by atoms with Crippen molar-refractivity contribution in [3.8, 4) is 0 Å². The summed E-state index contributed by atoms with van der Waals surface area (Å²) >= 11 is 1.58. The minimum atomic E-state index is -0.145. The van der Waals surface area contributed by atoms with E-state index in [1.165, 1.54) is 31.2 Å². The number of thioether (sulfide) groups is 1. The standard InChI is InChI=1S/C23H32N6OS/c1-18(21(30)27-15-13-26(14-16-27)17-19-7-3-2-4-8-19)31-23-25-24-22(28-11-5-6-12-28)29(23)20-9-10-20/h2-4,7-8,18,20H,5-6,9-17H2,1H3. The van der Waals surface area contributed by atoms with Crippen LogP contribution in [0.5, 0.6) is 0 Å². The van der Waals surface area contributed by atoms with Gasteiger partial charge in [-0.05, 0) is 38.2 Å². The summed E-state index contributed by atoms with van der Waals surface area (Å²) in [5.74, 6) is 1.23. The van der Waals surface area contributed by atoms with E-state index in [0.717, 1.165) is 56.9 Å². The Labute approximate surface area is 188 Å². The number of piperazine rings is 1. The predicted molar refractivity (Wildman–Crippen MR) is 123 cm³/mol. The normalized spacial score (nSPS) is 20.9. The zero-order valence-electron chi connectivity index (χ0n) is 18.3. The molecule has 1 aromatic heterocycles. The first-order valence-electron chi connectivity index (χ1n) is 11.6. The lowest BCUT2D eigenvalue weighted by Crippen LogP contribution is -2.50. The number of carbonyl (C=O) groups excluding carboxylic acids is 1. The van der Waals surface area contributed by atoms with Gasteiger partial charge in [0.05, 0.1) is 5.25 Å². The van der Waals surface area contributed by atoms with E-state index in [4.69, 9.17) is 0 Å². The van der Waals surface area contributed by atoms with Crippen LogP contribution < -0.4 is 4.90 Å². The molecule has 1 amide bonds. The molecule has 8 heteroatoms. The fraction of sp³-hybridized carbons (Fsp3) is 0.609. The van der Waals surface area contributed by atoms with Crippen molar-refractivity contribution in [3.63, 3.8) is 0 Å². The second-order valence-corrected chi connectivity index (χ2v) is 10.2. The fourth-order valence-electron chi connectivity index (χ4n) is 4.57. The largest absolute Gasteiger partial charge is 0.341 e. The summed E-state index contributed by atoms with van der Waals surface area (Å²) < 4.78 is 2.30. The summed E-state index contributed by atoms with van der Waals surface area (Å²) in [4.78, 5) is 20.0. The molecule has 166 valence electrons. The molecule has 2 saturated heterocycles. The Balaban J connectivity index is 1.18. The first kappa shape index (κ1) is 20.8. The third kappa shape index (κ3) is 4.75. The molecule has 1 aromatic carbocycles. The Hall–Kier alpha value is -2.06. The number of nitrogens with zero attached hydrogens (tertiary/aromatic N) is 6. The molecule has 1 saturated carbocycles. The van der Waals surface area contributed by atoms with Gasteiger partial charge in [-0.2, -0.15) is 0 Å². The van der Waals surface area contributed by atoms with Crippen molar-refractivity contribution in [2.24, 2.45) is 0 Å². The SMILES string of the molecule is CC(Sc1nnc(N2CCCC2)n1C1CC1)C(=O)N1CCN(Cc2ccccc2)CC1. The number of hydrogen-bond donors (Lipinski definition) is 0. The third-order valence-corrected chi connectivity index (χ3v) is 7.55. The second-order valence-electron chi connectivity index (χ2n) is 8.93. The van der Waals surface area contributed by atoms with Crippen molar-refractivity contribution in [2.45, 2.75) is 55.6 Å². The van der Waals surface area contributed by atoms with Gasteiger partial charge in [-0.3, -0.25) is 14.3 Å². The smallest absolute Gasteiger partial charge is 0.235 e. The topological polar surface area (TPSA) is 57.5 Å². The number of rotatable bonds is 7. The number of aromatic nitrogens is 3. The van der Waals surface area contributed by atoms with Gasteiger partial charge >= 0.3 is 0 Å². The summed E-state index contributed by atoms with van der Waals surface area (Å²) in [6.45, 7) is 8.55. The van der Waals surface area contributed by atoms with E-state index < -0.39 is 0 Å². The molecule has 0 radical (unpaired) electrons. The molecule has 0 bridgehead atoms. The van der Waals surface area contributed by atoms with Crippen LogP contribution in [0.25, 0.3) is 0 Å². The molecule has 2 aliphatic heterocycles. The molecule has 1 atom stereocenters. The Morgan fingerprint density at radius 3 is 2.42 bits per heavy atom. The number of amides is 1. The van der Waals surface area contributed by atoms with Gasteiger partial charge in [-0.15, -0.1) is 10.2 Å². The molecule has 0 spiro atoms. The number of benzene rings is 1. The molecule has 1 aliphatic carbocycles. The summed E-state index contributed by atoms with van der Waals surface area (Å²) in [7, 11) is 0. The van der Waals surface area contributed by atoms with Gasteiger partial charge in [-0.25, -0.2) is 0 Å². The van der Waals surface area contributed by atoms with Crippen LogP contribution in [0.15, 0.2) is 35.5 Å². The fourth-order valence-corrected chi connectivity index (χ4v) is 5.57. The van der Waals surface area contributed by atoms with Crippen LogP contribution in [0.4, 0.5) is 5.95 Å². The third-order valence-electron chi connectivity index (χ3n) is 6.51. The summed E-state index contributed by atoms with van der Waals surface area (Å²) in [6.07, 6.45) is 4.84. The summed E-state index contributed by atoms with van der Waals surface area (Å²) in [5.41, 5.74) is 1.33. The highest BCUT2D eigenvalue weighted by atomic mass is 32.2. The lowest BCUT2D eigenvalue weighted by molar-refractivity contribution is -0.132. The monoisotopic (exact) mass is 440 g/mol. The second kappa shape index (κ2) is 9.20. The van der Waals surface area contributed by atoms with Gasteiger partial charge in [0.15, 0.2) is 5.16 Å². The Bertz CT molecular complexity index is 885. The molecular weight excluding hydrogens is 408 g/mol. The molecule has 0 N–H and O–H groups in total. The van der Waals surface area contributed by atoms with E-state index in [1.54, 1.807) is 11.8 Å². The molecular formula is C23H32N6OS. The van der Waals surface area contributed by atoms with Gasteiger partial charge in [-0.1, -0.05) is 42.1 Å². The maximum atomic E-state index is 13.1. The number of carbonyl (C=O) groups is 1. The first-order valence-corrected chi connectivity index (χ1v) is 12.5. The maximum absolute atomic E-state index is 13.1. The minimum Gasteiger partial charge on any atom is -0.341 e. The van der Waals surface area contributed by atoms with Crippen LogP contribution >= 0.6 is 11.8 Å². The summed E-state index contributed by atoms with van der Waals surface area (Å²) in [6, 6.07) is 11.1. The van der Waals surface area contributed by atoms with Crippen molar-refractivity contribution >= 4 is 23.6 Å². The van der Waals surface area contributed by atoms with Gasteiger partial charge in [0.25, 0.3) is 0 Å². The van der Waals surface area contributed by atoms with Gasteiger partial charge in [0.1, 0.15) is 0 Å². The molecule has 3 aliphatic rings. The van der Waals surface area contributed by atoms with Crippen LogP contribution in [0, 0.1) is 0 Å². The number of anilines is 1. The van der Waals surface area contributed by atoms with Crippen molar-refractivity contribution in [1.29, 1.82) is 0 Å². The van der Waals surface area contributed by atoms with Crippen LogP contribution in [-0.4, -0.2) is 75.0 Å². The highest BCUT2D eigenvalue weighted by Gasteiger charge is 2.34. The zero-order valence-corrected chi connectivity index (χ0v) is 19.1. The van der Waals surface area contributed by atoms with Crippen LogP contribution in [0.2, 0.25) is 0 Å². The highest BCUT2D eigenvalue weighted by Crippen LogP contribution is 2.42. The quantitative estimate of drug-likeness (QED) is 0.617. The van der Waals surface area contributed by atoms with E-state index in [-0.39, 0.29) is 11.2 Å². The lowest BCUT2D eigenvalue weighted by Gasteiger charge is -2.35. The van der Waals surface area contributed by atoms with Gasteiger partial charge < -0.3 is 9.80 Å². The van der Waals surface area contributed by atoms with E-state index >= 15 is 0 Å². The maximum Gasteiger partial charge on any atom is 0.235 e. The molecule has 3 heterocycles. The van der Waals surface area contributed by atoms with Crippen molar-refractivity contribution < 1.29 is 4.79 Å². The van der Waals surface area contributed by atoms with Crippen LogP contribution in [0.1, 0.15) is 44.2 Å². The number of hydrogen-bond acceptors (Lipinski definition) is 6. The van der Waals surface area contributed by atoms with Crippen molar-refractivity contribution in [2.75, 3.05) is 44.2 Å². The van der Waals surface area contributed by atoms with Gasteiger partial charge in [0.2, 0.25) is 11.9 Å². The molecule has 2 aromatic rings. The molecule has 31 heavy (non-hydrogen) atoms. The highest BCUT2D eigenvalue weighted by molar-refractivity contribution is 8.00. The average Bonchev–Trinajstić information content (AvgIpc) is 3.31. The molecule has 5 rings (SSSR count). The summed E-state index contributed by atoms with van der Waals surface area (Å²) in [5, 5.41) is 9.79. The zero-order chi connectivity index (χ0) is 21.2. The molecule has 3 fully saturated rings. The molecule has 7 nitrogen and oxygen atoms in total. The average molecular weight is 441 g/mol. The van der Waals surface area contributed by atoms with Crippen LogP contribution in [0.3, 0.4) is 0 Å². The van der Waals surface area contributed by atoms with Crippen molar-refractivity contribution in [1.82, 2.24) is 24.6 Å². The van der Waals surface area contributed by atoms with E-state index in [9.17, 15) is 4.79 Å². The minimum absolute atomic E-state index is 0.145. The van der Waals surface area contributed by atoms with Gasteiger partial charge in [0, 0.05) is 51.9 Å². The van der Waals surface area contributed by atoms with E-state index in [2.05, 4.69) is 54.9 Å². The predicted octanol–water partition coefficient (Wildman–Crippen LogP) is 3.04. The first-order chi connectivity index (χ1) is 15.2. The lowest BCUT2D eigenvalue weighted by atomic mass is 10.2. The Kier molecular flexibility index (Phi) is 6.18. The molecule has 1 unspecified atom stereocenters. The van der Waals surface area contributed by atoms with Crippen LogP contribution in [-0.2, 0) is 11.3 Å². The Morgan fingerprint density at radius 2 is 1.74 bits per heavy atom. The van der Waals surface area contributed by atoms with E-state index in [1.807, 2.05) is 11.8 Å². The Morgan fingerprint density at radius 1 is 1.03 bits per heavy atom. The van der Waals surface area contributed by atoms with E-state index in [0.29, 0.717) is 6.04 Å². The van der Waals surface area contributed by atoms with Crippen molar-refractivity contribution in [3.05, 3.63) is 35.9 Å².